The number of rotatable bonds is 3. The largest absolute Gasteiger partial charge is 0.248 e. The van der Waals surface area contributed by atoms with Crippen LogP contribution in [0.25, 0.3) is 0 Å². The predicted octanol–water partition coefficient (Wildman–Crippen LogP) is 2.37. The minimum absolute atomic E-state index is 0.411. The molecule has 0 saturated heterocycles. The van der Waals surface area contributed by atoms with Crippen LogP contribution in [0.15, 0.2) is 30.5 Å². The van der Waals surface area contributed by atoms with Crippen molar-refractivity contribution in [2.45, 2.75) is 19.3 Å². The zero-order valence-corrected chi connectivity index (χ0v) is 9.28. The van der Waals surface area contributed by atoms with Crippen molar-refractivity contribution < 1.29 is 0 Å². The maximum absolute atomic E-state index is 5.65. The first-order valence-electron chi connectivity index (χ1n) is 4.78. The van der Waals surface area contributed by atoms with Gasteiger partial charge in [0.15, 0.2) is 0 Å². The van der Waals surface area contributed by atoms with Gasteiger partial charge in [0, 0.05) is 0 Å². The number of hydrogen-bond donors (Lipinski definition) is 0. The Morgan fingerprint density at radius 3 is 2.60 bits per heavy atom. The Morgan fingerprint density at radius 1 is 1.27 bits per heavy atom. The maximum Gasteiger partial charge on any atom is 0.0974 e. The molecule has 0 aliphatic rings. The standard InChI is InChI=1S/C11H12ClN3/c1-9-2-4-10(5-3-9)7-15-8-11(6-12)13-14-15/h2-5,8H,6-7H2,1H3. The van der Waals surface area contributed by atoms with Crippen molar-refractivity contribution in [3.05, 3.63) is 47.3 Å². The minimum Gasteiger partial charge on any atom is -0.248 e. The summed E-state index contributed by atoms with van der Waals surface area (Å²) >= 11 is 5.65. The summed E-state index contributed by atoms with van der Waals surface area (Å²) in [7, 11) is 0. The van der Waals surface area contributed by atoms with E-state index in [2.05, 4.69) is 41.5 Å². The topological polar surface area (TPSA) is 30.7 Å². The number of benzene rings is 1. The molecule has 0 saturated carbocycles. The zero-order valence-electron chi connectivity index (χ0n) is 8.52. The number of halogens is 1. The Morgan fingerprint density at radius 2 is 2.00 bits per heavy atom. The summed E-state index contributed by atoms with van der Waals surface area (Å²) in [5, 5.41) is 7.92. The van der Waals surface area contributed by atoms with E-state index in [1.807, 2.05) is 6.20 Å². The summed E-state index contributed by atoms with van der Waals surface area (Å²) in [5.41, 5.74) is 3.29. The molecule has 0 amide bonds. The Kier molecular flexibility index (Phi) is 3.02. The Bertz CT molecular complexity index is 433. The van der Waals surface area contributed by atoms with Crippen LogP contribution in [0.5, 0.6) is 0 Å². The number of hydrogen-bond acceptors (Lipinski definition) is 2. The van der Waals surface area contributed by atoms with Crippen molar-refractivity contribution in [2.75, 3.05) is 0 Å². The normalized spacial score (nSPS) is 10.5. The van der Waals surface area contributed by atoms with Gasteiger partial charge in [0.2, 0.25) is 0 Å². The van der Waals surface area contributed by atoms with Crippen molar-refractivity contribution >= 4 is 11.6 Å². The lowest BCUT2D eigenvalue weighted by molar-refractivity contribution is 0.649. The number of aryl methyl sites for hydroxylation is 1. The van der Waals surface area contributed by atoms with Gasteiger partial charge in [-0.15, -0.1) is 16.7 Å². The lowest BCUT2D eigenvalue weighted by Crippen LogP contribution is -2.00. The van der Waals surface area contributed by atoms with Gasteiger partial charge in [-0.25, -0.2) is 4.68 Å². The van der Waals surface area contributed by atoms with E-state index in [9.17, 15) is 0 Å². The van der Waals surface area contributed by atoms with Crippen molar-refractivity contribution in [1.29, 1.82) is 0 Å². The quantitative estimate of drug-likeness (QED) is 0.746. The van der Waals surface area contributed by atoms with E-state index in [1.54, 1.807) is 4.68 Å². The molecular formula is C11H12ClN3. The monoisotopic (exact) mass is 221 g/mol. The third kappa shape index (κ3) is 2.57. The number of alkyl halides is 1. The second-order valence-corrected chi connectivity index (χ2v) is 3.79. The van der Waals surface area contributed by atoms with Crippen LogP contribution in [-0.4, -0.2) is 15.0 Å². The third-order valence-corrected chi connectivity index (χ3v) is 2.46. The van der Waals surface area contributed by atoms with Crippen LogP contribution in [0.2, 0.25) is 0 Å². The molecule has 3 nitrogen and oxygen atoms in total. The van der Waals surface area contributed by atoms with Crippen LogP contribution in [0.3, 0.4) is 0 Å². The average Bonchev–Trinajstić information content (AvgIpc) is 2.69. The van der Waals surface area contributed by atoms with Crippen LogP contribution in [0.4, 0.5) is 0 Å². The first-order chi connectivity index (χ1) is 7.28. The Balaban J connectivity index is 2.11. The van der Waals surface area contributed by atoms with Crippen LogP contribution in [0, 0.1) is 6.92 Å². The van der Waals surface area contributed by atoms with E-state index in [0.29, 0.717) is 5.88 Å². The molecule has 0 atom stereocenters. The molecule has 1 heterocycles. The van der Waals surface area contributed by atoms with E-state index in [1.165, 1.54) is 11.1 Å². The van der Waals surface area contributed by atoms with Gasteiger partial charge in [-0.1, -0.05) is 35.0 Å². The molecule has 2 rings (SSSR count). The molecule has 0 N–H and O–H groups in total. The van der Waals surface area contributed by atoms with Crippen LogP contribution in [-0.2, 0) is 12.4 Å². The molecule has 0 aliphatic heterocycles. The van der Waals surface area contributed by atoms with Gasteiger partial charge < -0.3 is 0 Å². The fraction of sp³-hybridized carbons (Fsp3) is 0.273. The highest BCUT2D eigenvalue weighted by molar-refractivity contribution is 6.16. The second-order valence-electron chi connectivity index (χ2n) is 3.53. The van der Waals surface area contributed by atoms with E-state index in [-0.39, 0.29) is 0 Å². The van der Waals surface area contributed by atoms with Gasteiger partial charge in [-0.2, -0.15) is 0 Å². The highest BCUT2D eigenvalue weighted by Gasteiger charge is 1.99. The fourth-order valence-electron chi connectivity index (χ4n) is 1.36. The SMILES string of the molecule is Cc1ccc(Cn2cc(CCl)nn2)cc1. The number of aromatic nitrogens is 3. The van der Waals surface area contributed by atoms with Gasteiger partial charge in [-0.05, 0) is 12.5 Å². The lowest BCUT2D eigenvalue weighted by atomic mass is 10.1. The summed E-state index contributed by atoms with van der Waals surface area (Å²) < 4.78 is 1.79. The number of nitrogens with zero attached hydrogens (tertiary/aromatic N) is 3. The van der Waals surface area contributed by atoms with E-state index >= 15 is 0 Å². The van der Waals surface area contributed by atoms with E-state index in [4.69, 9.17) is 11.6 Å². The highest BCUT2D eigenvalue weighted by Crippen LogP contribution is 2.05. The summed E-state index contributed by atoms with van der Waals surface area (Å²) in [6, 6.07) is 8.37. The molecule has 0 bridgehead atoms. The summed E-state index contributed by atoms with van der Waals surface area (Å²) in [4.78, 5) is 0. The smallest absolute Gasteiger partial charge is 0.0974 e. The fourth-order valence-corrected chi connectivity index (χ4v) is 1.48. The molecule has 0 unspecified atom stereocenters. The van der Waals surface area contributed by atoms with Gasteiger partial charge in [-0.3, -0.25) is 0 Å². The van der Waals surface area contributed by atoms with E-state index in [0.717, 1.165) is 12.2 Å². The minimum atomic E-state index is 0.411. The first kappa shape index (κ1) is 10.2. The summed E-state index contributed by atoms with van der Waals surface area (Å²) in [5.74, 6) is 0.411. The second kappa shape index (κ2) is 4.45. The molecule has 0 radical (unpaired) electrons. The Hall–Kier alpha value is -1.35. The predicted molar refractivity (Wildman–Crippen MR) is 59.9 cm³/mol. The molecule has 0 aliphatic carbocycles. The van der Waals surface area contributed by atoms with Crippen molar-refractivity contribution in [3.63, 3.8) is 0 Å². The van der Waals surface area contributed by atoms with Crippen LogP contribution < -0.4 is 0 Å². The van der Waals surface area contributed by atoms with Gasteiger partial charge in [0.05, 0.1) is 24.3 Å². The molecule has 1 aromatic heterocycles. The molecular weight excluding hydrogens is 210 g/mol. The van der Waals surface area contributed by atoms with Gasteiger partial charge >= 0.3 is 0 Å². The van der Waals surface area contributed by atoms with Crippen LogP contribution >= 0.6 is 11.6 Å². The molecule has 2 aromatic rings. The van der Waals surface area contributed by atoms with E-state index < -0.39 is 0 Å². The summed E-state index contributed by atoms with van der Waals surface area (Å²) in [6.07, 6.45) is 1.87. The first-order valence-corrected chi connectivity index (χ1v) is 5.32. The molecule has 4 heteroatoms. The molecule has 78 valence electrons. The van der Waals surface area contributed by atoms with Crippen LogP contribution in [0.1, 0.15) is 16.8 Å². The maximum atomic E-state index is 5.65. The average molecular weight is 222 g/mol. The van der Waals surface area contributed by atoms with Gasteiger partial charge in [0.1, 0.15) is 0 Å². The lowest BCUT2D eigenvalue weighted by Gasteiger charge is -2.00. The third-order valence-electron chi connectivity index (χ3n) is 2.19. The van der Waals surface area contributed by atoms with Gasteiger partial charge in [0.25, 0.3) is 0 Å². The van der Waals surface area contributed by atoms with Crippen molar-refractivity contribution in [3.8, 4) is 0 Å². The highest BCUT2D eigenvalue weighted by atomic mass is 35.5. The molecule has 1 aromatic carbocycles. The molecule has 0 spiro atoms. The molecule has 15 heavy (non-hydrogen) atoms. The van der Waals surface area contributed by atoms with Crippen molar-refractivity contribution in [1.82, 2.24) is 15.0 Å². The molecule has 0 fully saturated rings. The van der Waals surface area contributed by atoms with Crippen molar-refractivity contribution in [2.24, 2.45) is 0 Å². The summed E-state index contributed by atoms with van der Waals surface area (Å²) in [6.45, 7) is 2.81. The zero-order chi connectivity index (χ0) is 10.7. The Labute approximate surface area is 93.7 Å².